The van der Waals surface area contributed by atoms with Crippen LogP contribution in [0.4, 0.5) is 0 Å². The van der Waals surface area contributed by atoms with E-state index in [2.05, 4.69) is 137 Å². The van der Waals surface area contributed by atoms with Crippen LogP contribution in [0, 0.1) is 0 Å². The Morgan fingerprint density at radius 1 is 0.767 bits per heavy atom. The summed E-state index contributed by atoms with van der Waals surface area (Å²) in [5.74, 6) is 0. The van der Waals surface area contributed by atoms with Gasteiger partial charge in [-0.2, -0.15) is 0 Å². The summed E-state index contributed by atoms with van der Waals surface area (Å²) >= 11 is -4.70. The normalized spacial score (nSPS) is 17.6. The second-order valence-corrected chi connectivity index (χ2v) is 37.2. The number of allylic oxidation sites excluding steroid dienone is 4. The van der Waals surface area contributed by atoms with E-state index in [0.29, 0.717) is 0 Å². The molecular weight excluding hydrogens is 414 g/mol. The first-order valence-electron chi connectivity index (χ1n) is 11.5. The van der Waals surface area contributed by atoms with Crippen LogP contribution in [0.5, 0.6) is 0 Å². The third kappa shape index (κ3) is 2.48. The molecule has 2 aromatic carbocycles. The summed E-state index contributed by atoms with van der Waals surface area (Å²) in [6.07, 6.45) is 8.21. The van der Waals surface area contributed by atoms with Gasteiger partial charge in [0.2, 0.25) is 0 Å². The summed E-state index contributed by atoms with van der Waals surface area (Å²) in [5.41, 5.74) is -0.0374. The second kappa shape index (κ2) is 7.17. The molecule has 0 saturated carbocycles. The Kier molecular flexibility index (Phi) is 5.61. The maximum atomic E-state index is 4.65. The molecule has 0 bridgehead atoms. The van der Waals surface area contributed by atoms with E-state index < -0.39 is 20.2 Å². The van der Waals surface area contributed by atoms with Gasteiger partial charge in [-0.15, -0.1) is 0 Å². The van der Waals surface area contributed by atoms with Crippen LogP contribution < -0.4 is 11.5 Å². The molecule has 3 rings (SSSR count). The molecule has 0 aliphatic heterocycles. The van der Waals surface area contributed by atoms with Crippen LogP contribution in [0.3, 0.4) is 0 Å². The second-order valence-electron chi connectivity index (χ2n) is 11.8. The van der Waals surface area contributed by atoms with Crippen molar-refractivity contribution in [1.82, 2.24) is 3.80 Å². The van der Waals surface area contributed by atoms with E-state index in [1.54, 1.807) is 11.6 Å². The van der Waals surface area contributed by atoms with Crippen molar-refractivity contribution < 1.29 is 13.5 Å². The predicted octanol–water partition coefficient (Wildman–Crippen LogP) is 6.21. The van der Waals surface area contributed by atoms with Gasteiger partial charge in [0.1, 0.15) is 0 Å². The first kappa shape index (κ1) is 23.5. The third-order valence-electron chi connectivity index (χ3n) is 8.71. The standard InChI is InChI=1S/2C6H5.C5H5.C4H10N.C4H9.C2H7Si.Ti/c2*1-2-4-6-5-3-1;1-2-4-5-3-1;1-4(2,3)5;1-4(2)3;1-3-2;/h2*1-5H;1-3H,4H2;5H,1-3H3;1-3H3;3H,1-2H3;/q;;;-1;;;+1. The monoisotopic (exact) mass is 455 g/mol. The van der Waals surface area contributed by atoms with Gasteiger partial charge in [0.15, 0.2) is 0 Å². The quantitative estimate of drug-likeness (QED) is 0.529. The van der Waals surface area contributed by atoms with Crippen LogP contribution in [-0.4, -0.2) is 12.2 Å². The minimum atomic E-state index is -4.70. The van der Waals surface area contributed by atoms with E-state index in [0.717, 1.165) is 6.42 Å². The molecule has 1 N–H and O–H groups in total. The van der Waals surface area contributed by atoms with Crippen molar-refractivity contribution in [2.24, 2.45) is 0 Å². The fraction of sp³-hybridized carbons (Fsp3) is 0.407. The fourth-order valence-corrected chi connectivity index (χ4v) is 50.8. The van der Waals surface area contributed by atoms with Gasteiger partial charge >= 0.3 is 185 Å². The maximum absolute atomic E-state index is 4.70. The predicted molar refractivity (Wildman–Crippen MR) is 135 cm³/mol. The molecule has 1 nitrogen and oxygen atoms in total. The van der Waals surface area contributed by atoms with Crippen molar-refractivity contribution in [1.29, 1.82) is 0 Å². The summed E-state index contributed by atoms with van der Waals surface area (Å²) in [4.78, 5) is 0. The van der Waals surface area contributed by atoms with Gasteiger partial charge in [-0.05, 0) is 0 Å². The number of hydrogen-bond acceptors (Lipinski definition) is 1. The average Bonchev–Trinajstić information content (AvgIpc) is 3.22. The van der Waals surface area contributed by atoms with Crippen LogP contribution in [0.15, 0.2) is 82.8 Å². The molecule has 2 aromatic rings. The Labute approximate surface area is 184 Å². The molecule has 3 heteroatoms. The van der Waals surface area contributed by atoms with E-state index in [9.17, 15) is 0 Å². The van der Waals surface area contributed by atoms with Gasteiger partial charge in [0.25, 0.3) is 0 Å². The molecule has 0 heterocycles. The van der Waals surface area contributed by atoms with Crippen LogP contribution in [0.2, 0.25) is 16.8 Å². The summed E-state index contributed by atoms with van der Waals surface area (Å²) in [6.45, 7) is 18.5. The summed E-state index contributed by atoms with van der Waals surface area (Å²) in [5, 5.41) is 0. The van der Waals surface area contributed by atoms with E-state index in [-0.39, 0.29) is 9.26 Å². The number of nitrogens with one attached hydrogen (secondary N) is 1. The Hall–Kier alpha value is -1.19. The van der Waals surface area contributed by atoms with Crippen LogP contribution in [0.25, 0.3) is 0 Å². The molecule has 162 valence electrons. The van der Waals surface area contributed by atoms with Crippen molar-refractivity contribution in [2.45, 2.75) is 70.3 Å². The summed E-state index contributed by atoms with van der Waals surface area (Å²) in [7, 11) is 0. The molecule has 0 spiro atoms. The van der Waals surface area contributed by atoms with Crippen molar-refractivity contribution >= 4 is 14.4 Å². The van der Waals surface area contributed by atoms with Gasteiger partial charge in [-0.1, -0.05) is 0 Å². The zero-order valence-corrected chi connectivity index (χ0v) is 23.0. The Morgan fingerprint density at radius 2 is 1.23 bits per heavy atom. The van der Waals surface area contributed by atoms with Gasteiger partial charge in [-0.3, -0.25) is 0 Å². The topological polar surface area (TPSA) is 12.0 Å². The first-order chi connectivity index (χ1) is 13.9. The third-order valence-corrected chi connectivity index (χ3v) is 50.6. The fourth-order valence-electron chi connectivity index (χ4n) is 7.97. The van der Waals surface area contributed by atoms with Crippen molar-refractivity contribution in [3.63, 3.8) is 0 Å². The van der Waals surface area contributed by atoms with Gasteiger partial charge in [0, 0.05) is 0 Å². The van der Waals surface area contributed by atoms with E-state index in [4.69, 9.17) is 0 Å². The number of hydrogen-bond donors (Lipinski definition) is 1. The molecule has 0 fully saturated rings. The zero-order valence-electron chi connectivity index (χ0n) is 20.3. The van der Waals surface area contributed by atoms with Crippen LogP contribution in [0.1, 0.15) is 48.0 Å². The van der Waals surface area contributed by atoms with Gasteiger partial charge in [-0.25, -0.2) is 0 Å². The molecule has 0 radical (unpaired) electrons. The molecule has 1 aliphatic carbocycles. The Morgan fingerprint density at radius 3 is 1.53 bits per heavy atom. The molecule has 30 heavy (non-hydrogen) atoms. The number of rotatable bonds is 5. The van der Waals surface area contributed by atoms with Crippen LogP contribution >= 0.6 is 0 Å². The van der Waals surface area contributed by atoms with Crippen molar-refractivity contribution in [2.75, 3.05) is 0 Å². The first-order valence-corrected chi connectivity index (χ1v) is 21.0. The molecule has 1 aliphatic rings. The van der Waals surface area contributed by atoms with Crippen LogP contribution in [-0.2, 0) is 13.5 Å². The summed E-state index contributed by atoms with van der Waals surface area (Å²) in [6, 6.07) is 23.2. The molecular formula is C27H41NSiTi. The molecule has 0 amide bonds. The molecule has 0 unspecified atom stereocenters. The SMILES string of the molecule is C[SiH](C)[Ti]([NH]C(C)(C)C)([C]1=CC=CC1)([c]1ccccc1)([c]1ccccc1)[C](C)(C)C. The Balaban J connectivity index is 2.82. The van der Waals surface area contributed by atoms with Crippen molar-refractivity contribution in [3.05, 3.63) is 82.8 Å². The minimum absolute atomic E-state index is 0.0359. The van der Waals surface area contributed by atoms with Gasteiger partial charge < -0.3 is 0 Å². The summed E-state index contributed by atoms with van der Waals surface area (Å²) < 4.78 is 9.47. The van der Waals surface area contributed by atoms with E-state index >= 15 is 0 Å². The van der Waals surface area contributed by atoms with Gasteiger partial charge in [0.05, 0.1) is 0 Å². The Bertz CT molecular complexity index is 936. The van der Waals surface area contributed by atoms with E-state index in [1.165, 1.54) is 0 Å². The molecule has 0 atom stereocenters. The average molecular weight is 456 g/mol. The molecule has 0 aromatic heterocycles. The van der Waals surface area contributed by atoms with Crippen molar-refractivity contribution in [3.8, 4) is 0 Å². The van der Waals surface area contributed by atoms with E-state index in [1.807, 2.05) is 0 Å². The molecule has 0 saturated heterocycles. The number of benzene rings is 2. The zero-order chi connectivity index (χ0) is 22.3.